The summed E-state index contributed by atoms with van der Waals surface area (Å²) < 4.78 is 42.9. The number of nitrogens with zero attached hydrogens (tertiary/aromatic N) is 2. The van der Waals surface area contributed by atoms with Crippen molar-refractivity contribution in [3.05, 3.63) is 40.7 Å². The highest BCUT2D eigenvalue weighted by molar-refractivity contribution is 5.99. The Kier molecular flexibility index (Phi) is 6.87. The molecule has 0 radical (unpaired) electrons. The standard InChI is InChI=1S/C26H32F3N5O/c1-4-13-31-19-7-5-6-8-20(19)32-21-14-16(9-10-17(21)24(30)35)34-22-15-25(2,3)12-11-18(22)23(33-34)26(27,28)29/h1,9-10,14,19-20,31-32H,5-8,11-13,15H2,2-3H3,(H2,30,35)/t19-,20-/m1/s1. The molecular weight excluding hydrogens is 455 g/mol. The van der Waals surface area contributed by atoms with Gasteiger partial charge in [-0.2, -0.15) is 18.3 Å². The molecule has 0 bridgehead atoms. The molecule has 1 saturated carbocycles. The lowest BCUT2D eigenvalue weighted by Gasteiger charge is -2.34. The minimum Gasteiger partial charge on any atom is -0.380 e. The number of halogens is 3. The Morgan fingerprint density at radius 1 is 1.29 bits per heavy atom. The van der Waals surface area contributed by atoms with Crippen LogP contribution < -0.4 is 16.4 Å². The van der Waals surface area contributed by atoms with E-state index in [1.807, 2.05) is 0 Å². The fourth-order valence-corrected chi connectivity index (χ4v) is 5.31. The Morgan fingerprint density at radius 2 is 2.00 bits per heavy atom. The zero-order valence-corrected chi connectivity index (χ0v) is 20.1. The molecule has 1 aromatic carbocycles. The molecule has 9 heteroatoms. The largest absolute Gasteiger partial charge is 0.435 e. The van der Waals surface area contributed by atoms with Gasteiger partial charge in [0.25, 0.3) is 5.91 Å². The first-order valence-corrected chi connectivity index (χ1v) is 12.1. The number of rotatable bonds is 6. The number of anilines is 1. The number of aromatic nitrogens is 2. The van der Waals surface area contributed by atoms with E-state index in [2.05, 4.69) is 35.5 Å². The van der Waals surface area contributed by atoms with Crippen LogP contribution >= 0.6 is 0 Å². The summed E-state index contributed by atoms with van der Waals surface area (Å²) in [6, 6.07) is 4.96. The van der Waals surface area contributed by atoms with Crippen LogP contribution in [0.3, 0.4) is 0 Å². The molecule has 4 N–H and O–H groups in total. The van der Waals surface area contributed by atoms with Gasteiger partial charge in [0.15, 0.2) is 5.69 Å². The van der Waals surface area contributed by atoms with Gasteiger partial charge in [0, 0.05) is 29.0 Å². The van der Waals surface area contributed by atoms with E-state index in [0.29, 0.717) is 42.9 Å². The monoisotopic (exact) mass is 487 g/mol. The number of hydrogen-bond donors (Lipinski definition) is 3. The van der Waals surface area contributed by atoms with E-state index in [1.54, 1.807) is 18.2 Å². The van der Waals surface area contributed by atoms with Crippen molar-refractivity contribution in [3.8, 4) is 18.0 Å². The Balaban J connectivity index is 1.76. The normalized spacial score (nSPS) is 21.7. The molecule has 2 atom stereocenters. The number of amides is 1. The van der Waals surface area contributed by atoms with Gasteiger partial charge < -0.3 is 16.4 Å². The van der Waals surface area contributed by atoms with Crippen LogP contribution in [0.4, 0.5) is 18.9 Å². The van der Waals surface area contributed by atoms with Crippen LogP contribution in [-0.2, 0) is 19.0 Å². The molecule has 0 spiro atoms. The zero-order valence-electron chi connectivity index (χ0n) is 20.1. The number of carbonyl (C=O) groups excluding carboxylic acids is 1. The lowest BCUT2D eigenvalue weighted by molar-refractivity contribution is -0.142. The van der Waals surface area contributed by atoms with Crippen molar-refractivity contribution in [2.45, 2.75) is 77.1 Å². The summed E-state index contributed by atoms with van der Waals surface area (Å²) in [7, 11) is 0. The van der Waals surface area contributed by atoms with Gasteiger partial charge in [-0.05, 0) is 55.7 Å². The number of primary amides is 1. The van der Waals surface area contributed by atoms with Gasteiger partial charge in [0.2, 0.25) is 0 Å². The molecule has 1 aromatic heterocycles. The number of alkyl halides is 3. The molecule has 2 aliphatic rings. The Hall–Kier alpha value is -2.99. The number of hydrogen-bond acceptors (Lipinski definition) is 4. The number of carbonyl (C=O) groups is 1. The second-order valence-electron chi connectivity index (χ2n) is 10.3. The van der Waals surface area contributed by atoms with Crippen molar-refractivity contribution in [1.82, 2.24) is 15.1 Å². The molecule has 188 valence electrons. The predicted octanol–water partition coefficient (Wildman–Crippen LogP) is 4.45. The molecule has 1 fully saturated rings. The van der Waals surface area contributed by atoms with Crippen LogP contribution in [-0.4, -0.2) is 34.3 Å². The fourth-order valence-electron chi connectivity index (χ4n) is 5.31. The zero-order chi connectivity index (χ0) is 25.4. The van der Waals surface area contributed by atoms with Crippen LogP contribution in [0.2, 0.25) is 0 Å². The lowest BCUT2D eigenvalue weighted by Crippen LogP contribution is -2.46. The number of terminal acetylenes is 1. The van der Waals surface area contributed by atoms with Gasteiger partial charge >= 0.3 is 6.18 Å². The van der Waals surface area contributed by atoms with E-state index >= 15 is 0 Å². The molecule has 1 amide bonds. The average molecular weight is 488 g/mol. The maximum absolute atomic E-state index is 13.8. The summed E-state index contributed by atoms with van der Waals surface area (Å²) in [5, 5.41) is 10.8. The van der Waals surface area contributed by atoms with E-state index in [0.717, 1.165) is 25.7 Å². The van der Waals surface area contributed by atoms with Crippen molar-refractivity contribution >= 4 is 11.6 Å². The third-order valence-corrected chi connectivity index (χ3v) is 7.14. The van der Waals surface area contributed by atoms with E-state index in [1.165, 1.54) is 4.68 Å². The van der Waals surface area contributed by atoms with Crippen LogP contribution in [0.25, 0.3) is 5.69 Å². The van der Waals surface area contributed by atoms with Crippen molar-refractivity contribution in [3.63, 3.8) is 0 Å². The molecular formula is C26H32F3N5O. The highest BCUT2D eigenvalue weighted by atomic mass is 19.4. The second-order valence-corrected chi connectivity index (χ2v) is 10.3. The minimum absolute atomic E-state index is 0.00153. The minimum atomic E-state index is -4.54. The van der Waals surface area contributed by atoms with Gasteiger partial charge in [-0.25, -0.2) is 4.68 Å². The Bertz CT molecular complexity index is 1150. The van der Waals surface area contributed by atoms with Gasteiger partial charge in [0.1, 0.15) is 0 Å². The molecule has 1 heterocycles. The lowest BCUT2D eigenvalue weighted by atomic mass is 9.76. The first kappa shape index (κ1) is 25.1. The summed E-state index contributed by atoms with van der Waals surface area (Å²) in [6.07, 6.45) is 6.24. The van der Waals surface area contributed by atoms with Crippen molar-refractivity contribution in [2.24, 2.45) is 11.1 Å². The maximum Gasteiger partial charge on any atom is 0.435 e. The van der Waals surface area contributed by atoms with Crippen molar-refractivity contribution in [2.75, 3.05) is 11.9 Å². The third kappa shape index (κ3) is 5.32. The van der Waals surface area contributed by atoms with Gasteiger partial charge in [0.05, 0.1) is 17.8 Å². The van der Waals surface area contributed by atoms with Crippen LogP contribution in [0.15, 0.2) is 18.2 Å². The SMILES string of the molecule is C#CCN[C@@H]1CCCC[C@H]1Nc1cc(-n2nc(C(F)(F)F)c3c2CC(C)(C)CC3)ccc1C(N)=O. The number of nitrogens with one attached hydrogen (secondary N) is 2. The molecule has 0 saturated heterocycles. The summed E-state index contributed by atoms with van der Waals surface area (Å²) >= 11 is 0. The predicted molar refractivity (Wildman–Crippen MR) is 129 cm³/mol. The summed E-state index contributed by atoms with van der Waals surface area (Å²) in [5.74, 6) is 1.98. The van der Waals surface area contributed by atoms with E-state index < -0.39 is 17.8 Å². The molecule has 35 heavy (non-hydrogen) atoms. The highest BCUT2D eigenvalue weighted by Crippen LogP contribution is 2.42. The van der Waals surface area contributed by atoms with Gasteiger partial charge in [-0.15, -0.1) is 6.42 Å². The summed E-state index contributed by atoms with van der Waals surface area (Å²) in [5.41, 5.74) is 6.73. The summed E-state index contributed by atoms with van der Waals surface area (Å²) in [4.78, 5) is 12.2. The Morgan fingerprint density at radius 3 is 2.66 bits per heavy atom. The number of nitrogens with two attached hydrogens (primary N) is 1. The molecule has 0 unspecified atom stereocenters. The van der Waals surface area contributed by atoms with Crippen LogP contribution in [0.5, 0.6) is 0 Å². The first-order chi connectivity index (χ1) is 16.5. The second kappa shape index (κ2) is 9.57. The van der Waals surface area contributed by atoms with E-state index in [9.17, 15) is 18.0 Å². The topological polar surface area (TPSA) is 85.0 Å². The van der Waals surface area contributed by atoms with Crippen LogP contribution in [0.1, 0.15) is 73.3 Å². The maximum atomic E-state index is 13.8. The smallest absolute Gasteiger partial charge is 0.380 e. The number of fused-ring (bicyclic) bond motifs is 1. The molecule has 2 aliphatic carbocycles. The molecule has 0 aliphatic heterocycles. The van der Waals surface area contributed by atoms with Gasteiger partial charge in [-0.3, -0.25) is 4.79 Å². The van der Waals surface area contributed by atoms with Crippen molar-refractivity contribution < 1.29 is 18.0 Å². The average Bonchev–Trinajstić information content (AvgIpc) is 3.16. The first-order valence-electron chi connectivity index (χ1n) is 12.1. The molecule has 4 rings (SSSR count). The van der Waals surface area contributed by atoms with E-state index in [4.69, 9.17) is 12.2 Å². The molecule has 6 nitrogen and oxygen atoms in total. The quantitative estimate of drug-likeness (QED) is 0.526. The van der Waals surface area contributed by atoms with Crippen LogP contribution in [0, 0.1) is 17.8 Å². The van der Waals surface area contributed by atoms with Crippen molar-refractivity contribution in [1.29, 1.82) is 0 Å². The fraction of sp³-hybridized carbons (Fsp3) is 0.538. The number of benzene rings is 1. The third-order valence-electron chi connectivity index (χ3n) is 7.14. The van der Waals surface area contributed by atoms with Gasteiger partial charge in [-0.1, -0.05) is 32.6 Å². The highest BCUT2D eigenvalue weighted by Gasteiger charge is 2.42. The molecule has 2 aromatic rings. The Labute approximate surface area is 203 Å². The summed E-state index contributed by atoms with van der Waals surface area (Å²) in [6.45, 7) is 4.53. The van der Waals surface area contributed by atoms with E-state index in [-0.39, 0.29) is 28.6 Å².